The minimum absolute atomic E-state index is 0.948. The molecule has 0 saturated heterocycles. The van der Waals surface area contributed by atoms with E-state index in [0.717, 1.165) is 16.9 Å². The highest BCUT2D eigenvalue weighted by Crippen LogP contribution is 2.47. The highest BCUT2D eigenvalue weighted by molar-refractivity contribution is 7.26. The third-order valence-electron chi connectivity index (χ3n) is 11.2. The second kappa shape index (κ2) is 11.0. The van der Waals surface area contributed by atoms with Gasteiger partial charge in [0.05, 0.1) is 10.4 Å². The predicted molar refractivity (Wildman–Crippen MR) is 226 cm³/mol. The van der Waals surface area contributed by atoms with Crippen molar-refractivity contribution in [2.24, 2.45) is 0 Å². The molecule has 10 aromatic rings. The van der Waals surface area contributed by atoms with Gasteiger partial charge in [-0.25, -0.2) is 0 Å². The van der Waals surface area contributed by atoms with Crippen LogP contribution in [0.3, 0.4) is 0 Å². The van der Waals surface area contributed by atoms with Crippen molar-refractivity contribution in [2.45, 2.75) is 13.1 Å². The smallest absolute Gasteiger partial charge is 0.136 e. The van der Waals surface area contributed by atoms with Gasteiger partial charge in [0, 0.05) is 37.6 Å². The summed E-state index contributed by atoms with van der Waals surface area (Å²) in [6.45, 7) is 5.01. The van der Waals surface area contributed by atoms with Crippen molar-refractivity contribution in [3.05, 3.63) is 164 Å². The zero-order chi connectivity index (χ0) is 34.6. The lowest BCUT2D eigenvalue weighted by Gasteiger charge is -2.28. The molecule has 4 heteroatoms. The van der Waals surface area contributed by atoms with Crippen LogP contribution in [-0.4, -0.2) is 8.07 Å². The maximum atomic E-state index is 6.38. The highest BCUT2D eigenvalue weighted by atomic mass is 32.1. The van der Waals surface area contributed by atoms with Crippen molar-refractivity contribution >= 4 is 99.7 Å². The van der Waals surface area contributed by atoms with Gasteiger partial charge in [-0.3, -0.25) is 0 Å². The minimum Gasteiger partial charge on any atom is -0.456 e. The number of fused-ring (bicyclic) bond motifs is 11. The van der Waals surface area contributed by atoms with Crippen molar-refractivity contribution in [3.8, 4) is 22.3 Å². The number of furan rings is 1. The fraction of sp³-hybridized carbons (Fsp3) is 0.0417. The van der Waals surface area contributed by atoms with Crippen LogP contribution in [0.25, 0.3) is 75.1 Å². The molecule has 2 nitrogen and oxygen atoms in total. The summed E-state index contributed by atoms with van der Waals surface area (Å²) in [5, 5.41) is 10.5. The summed E-state index contributed by atoms with van der Waals surface area (Å²) >= 11 is 1.88. The summed E-state index contributed by atoms with van der Waals surface area (Å²) in [5.41, 5.74) is 10.6. The second-order valence-corrected chi connectivity index (χ2v) is 19.9. The van der Waals surface area contributed by atoms with Crippen LogP contribution in [0.4, 0.5) is 17.1 Å². The molecule has 0 unspecified atom stereocenters. The lowest BCUT2D eigenvalue weighted by atomic mass is 9.98. The fourth-order valence-corrected chi connectivity index (χ4v) is 13.0. The molecule has 0 atom stereocenters. The Balaban J connectivity index is 1.14. The summed E-state index contributed by atoms with van der Waals surface area (Å²) < 4.78 is 8.99. The van der Waals surface area contributed by atoms with E-state index in [0.29, 0.717) is 0 Å². The maximum Gasteiger partial charge on any atom is 0.136 e. The number of hydrogen-bond donors (Lipinski definition) is 0. The number of rotatable bonds is 4. The molecule has 246 valence electrons. The molecule has 0 aliphatic carbocycles. The van der Waals surface area contributed by atoms with Crippen LogP contribution in [-0.2, 0) is 0 Å². The molecule has 1 aliphatic rings. The van der Waals surface area contributed by atoms with E-state index < -0.39 is 8.07 Å². The van der Waals surface area contributed by atoms with Gasteiger partial charge in [-0.05, 0) is 98.0 Å². The number of benzene rings is 8. The van der Waals surface area contributed by atoms with Gasteiger partial charge in [0.2, 0.25) is 0 Å². The van der Waals surface area contributed by atoms with Gasteiger partial charge in [0.25, 0.3) is 0 Å². The van der Waals surface area contributed by atoms with E-state index >= 15 is 0 Å². The van der Waals surface area contributed by atoms with E-state index in [1.54, 1.807) is 0 Å². The third-order valence-corrected chi connectivity index (χ3v) is 16.0. The summed E-state index contributed by atoms with van der Waals surface area (Å²) in [6.07, 6.45) is 0. The molecular formula is C48H33NOSSi. The van der Waals surface area contributed by atoms with Gasteiger partial charge >= 0.3 is 0 Å². The van der Waals surface area contributed by atoms with Crippen molar-refractivity contribution in [2.75, 3.05) is 4.90 Å². The number of hydrogen-bond acceptors (Lipinski definition) is 3. The lowest BCUT2D eigenvalue weighted by Crippen LogP contribution is -2.49. The van der Waals surface area contributed by atoms with Gasteiger partial charge in [-0.15, -0.1) is 11.3 Å². The lowest BCUT2D eigenvalue weighted by molar-refractivity contribution is 0.669. The number of thiophene rings is 1. The highest BCUT2D eigenvalue weighted by Gasteiger charge is 2.40. The van der Waals surface area contributed by atoms with Crippen molar-refractivity contribution < 1.29 is 4.42 Å². The van der Waals surface area contributed by atoms with E-state index in [2.05, 4.69) is 182 Å². The van der Waals surface area contributed by atoms with Crippen LogP contribution < -0.4 is 15.3 Å². The van der Waals surface area contributed by atoms with Crippen LogP contribution in [0.1, 0.15) is 0 Å². The Morgan fingerprint density at radius 3 is 2.19 bits per heavy atom. The van der Waals surface area contributed by atoms with Crippen LogP contribution in [0, 0.1) is 0 Å². The van der Waals surface area contributed by atoms with E-state index in [-0.39, 0.29) is 0 Å². The molecule has 0 bridgehead atoms. The molecule has 11 rings (SSSR count). The van der Waals surface area contributed by atoms with E-state index in [4.69, 9.17) is 4.42 Å². The Kier molecular flexibility index (Phi) is 6.31. The number of para-hydroxylation sites is 1. The zero-order valence-corrected chi connectivity index (χ0v) is 30.7. The molecule has 8 aromatic carbocycles. The molecule has 0 amide bonds. The Labute approximate surface area is 306 Å². The molecule has 0 saturated carbocycles. The first-order valence-electron chi connectivity index (χ1n) is 17.9. The molecule has 0 N–H and O–H groups in total. The van der Waals surface area contributed by atoms with E-state index in [9.17, 15) is 0 Å². The second-order valence-electron chi connectivity index (χ2n) is 14.5. The van der Waals surface area contributed by atoms with Gasteiger partial charge in [0.1, 0.15) is 19.2 Å². The summed E-state index contributed by atoms with van der Waals surface area (Å²) in [4.78, 5) is 2.50. The Bertz CT molecular complexity index is 3080. The van der Waals surface area contributed by atoms with Crippen molar-refractivity contribution in [3.63, 3.8) is 0 Å². The maximum absolute atomic E-state index is 6.38. The molecule has 2 aromatic heterocycles. The molecule has 1 aliphatic heterocycles. The number of nitrogens with zero attached hydrogens (tertiary/aromatic N) is 1. The van der Waals surface area contributed by atoms with Crippen LogP contribution in [0.5, 0.6) is 0 Å². The van der Waals surface area contributed by atoms with Crippen molar-refractivity contribution in [1.29, 1.82) is 0 Å². The molecule has 52 heavy (non-hydrogen) atoms. The molecule has 0 fully saturated rings. The first-order chi connectivity index (χ1) is 25.5. The normalized spacial score (nSPS) is 13.3. The monoisotopic (exact) mass is 699 g/mol. The summed E-state index contributed by atoms with van der Waals surface area (Å²) in [5.74, 6) is 0. The molecule has 0 radical (unpaired) electrons. The third kappa shape index (κ3) is 4.29. The minimum atomic E-state index is -2.07. The quantitative estimate of drug-likeness (QED) is 0.170. The fourth-order valence-electron chi connectivity index (χ4n) is 8.70. The largest absolute Gasteiger partial charge is 0.456 e. The van der Waals surface area contributed by atoms with Gasteiger partial charge in [0.15, 0.2) is 0 Å². The average Bonchev–Trinajstić information content (AvgIpc) is 3.83. The first kappa shape index (κ1) is 29.8. The zero-order valence-electron chi connectivity index (χ0n) is 28.9. The van der Waals surface area contributed by atoms with E-state index in [1.165, 1.54) is 85.7 Å². The summed E-state index contributed by atoms with van der Waals surface area (Å²) in [7, 11) is -2.07. The molecule has 0 spiro atoms. The van der Waals surface area contributed by atoms with Crippen LogP contribution in [0.2, 0.25) is 13.1 Å². The number of anilines is 3. The van der Waals surface area contributed by atoms with Crippen molar-refractivity contribution in [1.82, 2.24) is 0 Å². The molecule has 3 heterocycles. The Morgan fingerprint density at radius 2 is 1.27 bits per heavy atom. The van der Waals surface area contributed by atoms with Crippen LogP contribution >= 0.6 is 11.3 Å². The van der Waals surface area contributed by atoms with Gasteiger partial charge in [-0.2, -0.15) is 0 Å². The van der Waals surface area contributed by atoms with Gasteiger partial charge < -0.3 is 9.32 Å². The first-order valence-corrected chi connectivity index (χ1v) is 21.7. The predicted octanol–water partition coefficient (Wildman–Crippen LogP) is 13.0. The Hall–Kier alpha value is -5.94. The van der Waals surface area contributed by atoms with E-state index in [1.807, 2.05) is 11.3 Å². The topological polar surface area (TPSA) is 16.4 Å². The molecular weight excluding hydrogens is 667 g/mol. The van der Waals surface area contributed by atoms with Gasteiger partial charge in [-0.1, -0.05) is 122 Å². The standard InChI is InChI=1S/C48H33NOSSi/c1-52(2)44-26-25-42-46(38-16-5-7-19-41(38)50-42)47(44)39-24-23-35(29-45(39)52)49(40-18-10-17-37-36-15-6-8-20-43(36)51-48(37)40)34-14-9-13-32(28-34)33-22-21-30-11-3-4-12-31(30)27-33/h3-29H,1-2H3. The SMILES string of the molecule is C[Si]1(C)c2cc(N(c3cccc(-c4ccc5ccccc5c4)c3)c3cccc4c3sc3ccccc34)ccc2-c2c1ccc1oc3ccccc3c21. The summed E-state index contributed by atoms with van der Waals surface area (Å²) in [6, 6.07) is 60.3. The van der Waals surface area contributed by atoms with Crippen LogP contribution in [0.15, 0.2) is 168 Å². The Morgan fingerprint density at radius 1 is 0.519 bits per heavy atom. The average molecular weight is 700 g/mol.